The number of benzene rings is 1. The molecule has 23 heavy (non-hydrogen) atoms. The molecule has 2 aromatic rings. The average molecular weight is 314 g/mol. The van der Waals surface area contributed by atoms with Gasteiger partial charge in [0.05, 0.1) is 35.6 Å². The molecule has 1 unspecified atom stereocenters. The van der Waals surface area contributed by atoms with E-state index in [4.69, 9.17) is 4.74 Å². The number of carbonyl (C=O) groups is 1. The molecule has 1 aliphatic heterocycles. The largest absolute Gasteiger partial charge is 0.376 e. The summed E-state index contributed by atoms with van der Waals surface area (Å²) in [7, 11) is 1.91. The Morgan fingerprint density at radius 2 is 2.22 bits per heavy atom. The third-order valence-electron chi connectivity index (χ3n) is 3.89. The van der Waals surface area contributed by atoms with E-state index in [1.807, 2.05) is 36.2 Å². The second-order valence-corrected chi connectivity index (χ2v) is 5.96. The van der Waals surface area contributed by atoms with Crippen LogP contribution < -0.4 is 5.32 Å². The lowest BCUT2D eigenvalue weighted by molar-refractivity contribution is -0.122. The van der Waals surface area contributed by atoms with Crippen LogP contribution in [0.25, 0.3) is 11.0 Å². The second kappa shape index (κ2) is 7.48. The number of nitrogens with one attached hydrogen (secondary N) is 1. The summed E-state index contributed by atoms with van der Waals surface area (Å²) in [6.45, 7) is 2.33. The molecule has 1 fully saturated rings. The zero-order valence-electron chi connectivity index (χ0n) is 13.4. The van der Waals surface area contributed by atoms with Crippen LogP contribution in [0, 0.1) is 0 Å². The summed E-state index contributed by atoms with van der Waals surface area (Å²) in [6.07, 6.45) is 4.06. The van der Waals surface area contributed by atoms with E-state index < -0.39 is 0 Å². The molecule has 0 spiro atoms. The average Bonchev–Trinajstić information content (AvgIpc) is 3.06. The van der Waals surface area contributed by atoms with E-state index in [0.29, 0.717) is 19.6 Å². The molecule has 6 heteroatoms. The van der Waals surface area contributed by atoms with E-state index in [9.17, 15) is 4.79 Å². The number of carbonyl (C=O) groups excluding carboxylic acids is 1. The molecule has 122 valence electrons. The molecule has 2 heterocycles. The van der Waals surface area contributed by atoms with Crippen molar-refractivity contribution in [3.05, 3.63) is 36.2 Å². The van der Waals surface area contributed by atoms with Gasteiger partial charge >= 0.3 is 0 Å². The first kappa shape index (κ1) is 15.8. The van der Waals surface area contributed by atoms with Crippen LogP contribution in [-0.2, 0) is 16.1 Å². The van der Waals surface area contributed by atoms with E-state index in [0.717, 1.165) is 36.2 Å². The summed E-state index contributed by atoms with van der Waals surface area (Å²) in [4.78, 5) is 22.9. The van der Waals surface area contributed by atoms with Crippen molar-refractivity contribution < 1.29 is 9.53 Å². The first-order chi connectivity index (χ1) is 11.2. The van der Waals surface area contributed by atoms with Gasteiger partial charge in [0.15, 0.2) is 0 Å². The van der Waals surface area contributed by atoms with Gasteiger partial charge in [-0.25, -0.2) is 4.98 Å². The van der Waals surface area contributed by atoms with Crippen LogP contribution in [0.1, 0.15) is 18.5 Å². The van der Waals surface area contributed by atoms with Gasteiger partial charge < -0.3 is 10.1 Å². The summed E-state index contributed by atoms with van der Waals surface area (Å²) in [5.74, 6) is 0.0109. The van der Waals surface area contributed by atoms with E-state index in [1.54, 1.807) is 6.20 Å². The minimum atomic E-state index is 0.0109. The third-order valence-corrected chi connectivity index (χ3v) is 3.89. The van der Waals surface area contributed by atoms with Crippen molar-refractivity contribution in [2.45, 2.75) is 25.5 Å². The standard InChI is InChI=1S/C17H22N4O2/c1-21(12-17(22)19-10-14-5-4-8-23-14)11-13-9-18-15-6-2-3-7-16(15)20-13/h2-3,6-7,9,14H,4-5,8,10-12H2,1H3,(H,19,22). The number of likely N-dealkylation sites (N-methyl/N-ethyl adjacent to an activating group) is 1. The Labute approximate surface area is 135 Å². The molecule has 0 aliphatic carbocycles. The molecule has 0 bridgehead atoms. The van der Waals surface area contributed by atoms with E-state index >= 15 is 0 Å². The fourth-order valence-electron chi connectivity index (χ4n) is 2.74. The highest BCUT2D eigenvalue weighted by molar-refractivity contribution is 5.78. The lowest BCUT2D eigenvalue weighted by Crippen LogP contribution is -2.38. The number of fused-ring (bicyclic) bond motifs is 1. The number of rotatable bonds is 6. The van der Waals surface area contributed by atoms with Crippen molar-refractivity contribution in [1.29, 1.82) is 0 Å². The van der Waals surface area contributed by atoms with Crippen LogP contribution in [0.3, 0.4) is 0 Å². The summed E-state index contributed by atoms with van der Waals surface area (Å²) >= 11 is 0. The lowest BCUT2D eigenvalue weighted by Gasteiger charge is -2.17. The molecule has 1 aromatic heterocycles. The van der Waals surface area contributed by atoms with Crippen molar-refractivity contribution in [3.63, 3.8) is 0 Å². The van der Waals surface area contributed by atoms with Crippen LogP contribution in [0.5, 0.6) is 0 Å². The van der Waals surface area contributed by atoms with E-state index in [2.05, 4.69) is 15.3 Å². The first-order valence-corrected chi connectivity index (χ1v) is 7.98. The Hall–Kier alpha value is -2.05. The van der Waals surface area contributed by atoms with Gasteiger partial charge in [-0.05, 0) is 32.0 Å². The van der Waals surface area contributed by atoms with Crippen LogP contribution in [0.15, 0.2) is 30.5 Å². The zero-order chi connectivity index (χ0) is 16.1. The number of hydrogen-bond donors (Lipinski definition) is 1. The molecular weight excluding hydrogens is 292 g/mol. The molecule has 6 nitrogen and oxygen atoms in total. The molecule has 0 radical (unpaired) electrons. The third kappa shape index (κ3) is 4.46. The van der Waals surface area contributed by atoms with Crippen LogP contribution >= 0.6 is 0 Å². The van der Waals surface area contributed by atoms with Crippen LogP contribution in [0.2, 0.25) is 0 Å². The molecule has 1 aromatic carbocycles. The van der Waals surface area contributed by atoms with Gasteiger partial charge in [0, 0.05) is 19.7 Å². The van der Waals surface area contributed by atoms with Crippen molar-refractivity contribution in [2.75, 3.05) is 26.7 Å². The van der Waals surface area contributed by atoms with Gasteiger partial charge in [-0.15, -0.1) is 0 Å². The number of para-hydroxylation sites is 2. The van der Waals surface area contributed by atoms with Crippen molar-refractivity contribution in [3.8, 4) is 0 Å². The molecule has 1 aliphatic rings. The van der Waals surface area contributed by atoms with Gasteiger partial charge in [-0.3, -0.25) is 14.7 Å². The predicted octanol–water partition coefficient (Wildman–Crippen LogP) is 1.36. The SMILES string of the molecule is CN(CC(=O)NCC1CCCO1)Cc1cnc2ccccc2n1. The maximum atomic E-state index is 12.0. The van der Waals surface area contributed by atoms with Gasteiger partial charge in [0.2, 0.25) is 5.91 Å². The summed E-state index contributed by atoms with van der Waals surface area (Å²) in [5.41, 5.74) is 2.62. The minimum absolute atomic E-state index is 0.0109. The number of amides is 1. The topological polar surface area (TPSA) is 67.4 Å². The monoisotopic (exact) mass is 314 g/mol. The maximum Gasteiger partial charge on any atom is 0.234 e. The van der Waals surface area contributed by atoms with Gasteiger partial charge in [0.1, 0.15) is 0 Å². The molecule has 1 saturated heterocycles. The smallest absolute Gasteiger partial charge is 0.234 e. The van der Waals surface area contributed by atoms with Gasteiger partial charge in [-0.1, -0.05) is 12.1 Å². The van der Waals surface area contributed by atoms with Crippen molar-refractivity contribution >= 4 is 16.9 Å². The second-order valence-electron chi connectivity index (χ2n) is 5.96. The van der Waals surface area contributed by atoms with Crippen molar-refractivity contribution in [2.24, 2.45) is 0 Å². The lowest BCUT2D eigenvalue weighted by atomic mass is 10.2. The Morgan fingerprint density at radius 1 is 1.39 bits per heavy atom. The Morgan fingerprint density at radius 3 is 3.00 bits per heavy atom. The number of hydrogen-bond acceptors (Lipinski definition) is 5. The molecule has 1 N–H and O–H groups in total. The Kier molecular flexibility index (Phi) is 5.15. The Balaban J connectivity index is 1.49. The first-order valence-electron chi connectivity index (χ1n) is 7.98. The fourth-order valence-corrected chi connectivity index (χ4v) is 2.74. The summed E-state index contributed by atoms with van der Waals surface area (Å²) in [5, 5.41) is 2.93. The highest BCUT2D eigenvalue weighted by Crippen LogP contribution is 2.11. The van der Waals surface area contributed by atoms with Gasteiger partial charge in [0.25, 0.3) is 0 Å². The number of nitrogens with zero attached hydrogens (tertiary/aromatic N) is 3. The molecule has 3 rings (SSSR count). The highest BCUT2D eigenvalue weighted by atomic mass is 16.5. The fraction of sp³-hybridized carbons (Fsp3) is 0.471. The maximum absolute atomic E-state index is 12.0. The minimum Gasteiger partial charge on any atom is -0.376 e. The molecule has 1 amide bonds. The normalized spacial score (nSPS) is 17.7. The van der Waals surface area contributed by atoms with E-state index in [1.165, 1.54) is 0 Å². The van der Waals surface area contributed by atoms with Crippen LogP contribution in [-0.4, -0.2) is 53.6 Å². The summed E-state index contributed by atoms with van der Waals surface area (Å²) in [6, 6.07) is 7.78. The van der Waals surface area contributed by atoms with Crippen molar-refractivity contribution in [1.82, 2.24) is 20.2 Å². The van der Waals surface area contributed by atoms with Gasteiger partial charge in [-0.2, -0.15) is 0 Å². The Bertz CT molecular complexity index is 670. The van der Waals surface area contributed by atoms with E-state index in [-0.39, 0.29) is 12.0 Å². The predicted molar refractivity (Wildman–Crippen MR) is 87.9 cm³/mol. The number of aromatic nitrogens is 2. The zero-order valence-corrected chi connectivity index (χ0v) is 13.4. The van der Waals surface area contributed by atoms with Crippen LogP contribution in [0.4, 0.5) is 0 Å². The molecule has 0 saturated carbocycles. The quantitative estimate of drug-likeness (QED) is 0.872. The molecular formula is C17H22N4O2. The summed E-state index contributed by atoms with van der Waals surface area (Å²) < 4.78 is 5.50. The highest BCUT2D eigenvalue weighted by Gasteiger charge is 2.16. The number of ether oxygens (including phenoxy) is 1. The molecule has 1 atom stereocenters.